The third-order valence-corrected chi connectivity index (χ3v) is 2.48. The fourth-order valence-corrected chi connectivity index (χ4v) is 1.47. The number of halogens is 1. The van der Waals surface area contributed by atoms with Crippen molar-refractivity contribution in [1.82, 2.24) is 15.1 Å². The van der Waals surface area contributed by atoms with E-state index in [4.69, 9.17) is 4.52 Å². The van der Waals surface area contributed by atoms with Gasteiger partial charge in [-0.2, -0.15) is 4.98 Å². The van der Waals surface area contributed by atoms with Crippen LogP contribution in [0.5, 0.6) is 0 Å². The van der Waals surface area contributed by atoms with Crippen LogP contribution in [0.3, 0.4) is 0 Å². The third-order valence-electron chi connectivity index (χ3n) is 1.35. The van der Waals surface area contributed by atoms with Gasteiger partial charge in [-0.05, 0) is 22.2 Å². The molecule has 0 atom stereocenters. The Balaban J connectivity index is 2.69. The normalized spacial score (nSPS) is 10.8. The first-order chi connectivity index (χ1) is 5.81. The van der Waals surface area contributed by atoms with Crippen LogP contribution in [0.1, 0.15) is 0 Å². The molecule has 4 nitrogen and oxygen atoms in total. The Morgan fingerprint density at radius 1 is 1.58 bits per heavy atom. The van der Waals surface area contributed by atoms with Crippen molar-refractivity contribution < 1.29 is 4.52 Å². The quantitative estimate of drug-likeness (QED) is 0.569. The van der Waals surface area contributed by atoms with Gasteiger partial charge in [0.25, 0.3) is 5.71 Å². The van der Waals surface area contributed by atoms with Crippen LogP contribution >= 0.6 is 27.7 Å². The average Bonchev–Trinajstić information content (AvgIpc) is 2.47. The third kappa shape index (κ3) is 1.21. The zero-order chi connectivity index (χ0) is 8.55. The monoisotopic (exact) mass is 245 g/mol. The van der Waals surface area contributed by atoms with Crippen LogP contribution in [0.2, 0.25) is 0 Å². The van der Waals surface area contributed by atoms with E-state index in [1.807, 2.05) is 6.26 Å². The first-order valence-electron chi connectivity index (χ1n) is 3.13. The molecule has 0 fully saturated rings. The van der Waals surface area contributed by atoms with Crippen LogP contribution < -0.4 is 0 Å². The van der Waals surface area contributed by atoms with Crippen molar-refractivity contribution in [2.45, 2.75) is 5.16 Å². The molecule has 0 saturated carbocycles. The Morgan fingerprint density at radius 2 is 2.42 bits per heavy atom. The summed E-state index contributed by atoms with van der Waals surface area (Å²) in [5.41, 5.74) is 0.515. The minimum atomic E-state index is 0.515. The van der Waals surface area contributed by atoms with Crippen LogP contribution in [0, 0.1) is 0 Å². The van der Waals surface area contributed by atoms with Gasteiger partial charge in [0.15, 0.2) is 9.76 Å². The molecule has 0 spiro atoms. The van der Waals surface area contributed by atoms with E-state index in [9.17, 15) is 0 Å². The zero-order valence-electron chi connectivity index (χ0n) is 6.11. The smallest absolute Gasteiger partial charge is 0.262 e. The second-order valence-corrected chi connectivity index (χ2v) is 3.57. The summed E-state index contributed by atoms with van der Waals surface area (Å²) >= 11 is 4.69. The van der Waals surface area contributed by atoms with Gasteiger partial charge in [0.05, 0.1) is 5.39 Å². The predicted octanol–water partition coefficient (Wildman–Crippen LogP) is 2.10. The van der Waals surface area contributed by atoms with Crippen molar-refractivity contribution in [3.8, 4) is 0 Å². The second kappa shape index (κ2) is 3.02. The standard InChI is InChI=1S/C6H4BrN3OS/c1-12-6-8-2-3-4(7)10-11-5(3)9-6/h2H,1H3. The lowest BCUT2D eigenvalue weighted by Crippen LogP contribution is -1.83. The number of thioether (sulfide) groups is 1. The number of fused-ring (bicyclic) bond motifs is 1. The van der Waals surface area contributed by atoms with Crippen LogP contribution in [-0.4, -0.2) is 21.4 Å². The maximum Gasteiger partial charge on any atom is 0.262 e. The van der Waals surface area contributed by atoms with Crippen molar-refractivity contribution in [2.75, 3.05) is 6.26 Å². The van der Waals surface area contributed by atoms with Gasteiger partial charge in [-0.3, -0.25) is 0 Å². The molecule has 0 aromatic carbocycles. The summed E-state index contributed by atoms with van der Waals surface area (Å²) in [6.45, 7) is 0. The van der Waals surface area contributed by atoms with Gasteiger partial charge in [0, 0.05) is 6.20 Å². The number of aromatic nitrogens is 3. The molecule has 0 bridgehead atoms. The Hall–Kier alpha value is -0.620. The molecule has 0 amide bonds. The Labute approximate surface area is 80.9 Å². The van der Waals surface area contributed by atoms with Gasteiger partial charge < -0.3 is 4.52 Å². The molecule has 2 heterocycles. The van der Waals surface area contributed by atoms with Gasteiger partial charge in [-0.25, -0.2) is 4.98 Å². The summed E-state index contributed by atoms with van der Waals surface area (Å²) in [6, 6.07) is 0. The maximum absolute atomic E-state index is 4.93. The van der Waals surface area contributed by atoms with Gasteiger partial charge in [0.1, 0.15) is 0 Å². The lowest BCUT2D eigenvalue weighted by atomic mass is 10.5. The lowest BCUT2D eigenvalue weighted by molar-refractivity contribution is 0.441. The molecule has 62 valence electrons. The fraction of sp³-hybridized carbons (Fsp3) is 0.167. The highest BCUT2D eigenvalue weighted by molar-refractivity contribution is 9.10. The average molecular weight is 246 g/mol. The van der Waals surface area contributed by atoms with Crippen LogP contribution in [-0.2, 0) is 0 Å². The van der Waals surface area contributed by atoms with Crippen molar-refractivity contribution in [3.05, 3.63) is 10.8 Å². The molecule has 2 aromatic rings. The summed E-state index contributed by atoms with van der Waals surface area (Å²) in [5, 5.41) is 5.19. The first kappa shape index (κ1) is 8.00. The Bertz CT molecular complexity index is 416. The predicted molar refractivity (Wildman–Crippen MR) is 49.1 cm³/mol. The fourth-order valence-electron chi connectivity index (χ4n) is 0.793. The molecule has 2 rings (SSSR count). The van der Waals surface area contributed by atoms with E-state index in [0.717, 1.165) is 5.39 Å². The second-order valence-electron chi connectivity index (χ2n) is 2.05. The summed E-state index contributed by atoms with van der Waals surface area (Å²) in [5.74, 6) is 0. The van der Waals surface area contributed by atoms with E-state index >= 15 is 0 Å². The summed E-state index contributed by atoms with van der Waals surface area (Å²) in [7, 11) is 0. The van der Waals surface area contributed by atoms with Crippen molar-refractivity contribution in [3.63, 3.8) is 0 Å². The van der Waals surface area contributed by atoms with Crippen molar-refractivity contribution in [2.24, 2.45) is 0 Å². The lowest BCUT2D eigenvalue weighted by Gasteiger charge is -1.90. The molecular weight excluding hydrogens is 242 g/mol. The molecule has 0 saturated heterocycles. The van der Waals surface area contributed by atoms with E-state index in [1.54, 1.807) is 6.20 Å². The number of nitrogens with zero attached hydrogens (tertiary/aromatic N) is 3. The Morgan fingerprint density at radius 3 is 3.17 bits per heavy atom. The molecule has 6 heteroatoms. The summed E-state index contributed by atoms with van der Waals surface area (Å²) < 4.78 is 5.57. The van der Waals surface area contributed by atoms with Gasteiger partial charge in [-0.15, -0.1) is 0 Å². The molecule has 2 aromatic heterocycles. The van der Waals surface area contributed by atoms with Gasteiger partial charge in [0.2, 0.25) is 0 Å². The molecule has 0 aliphatic heterocycles. The SMILES string of the molecule is CSc1ncc2c(Br)noc2n1. The number of rotatable bonds is 1. The van der Waals surface area contributed by atoms with Crippen molar-refractivity contribution in [1.29, 1.82) is 0 Å². The van der Waals surface area contributed by atoms with Gasteiger partial charge >= 0.3 is 0 Å². The topological polar surface area (TPSA) is 51.8 Å². The first-order valence-corrected chi connectivity index (χ1v) is 5.15. The largest absolute Gasteiger partial charge is 0.334 e. The van der Waals surface area contributed by atoms with Crippen LogP contribution in [0.4, 0.5) is 0 Å². The molecule has 0 radical (unpaired) electrons. The summed E-state index contributed by atoms with van der Waals surface area (Å²) in [4.78, 5) is 8.19. The van der Waals surface area contributed by atoms with Crippen molar-refractivity contribution >= 4 is 38.8 Å². The van der Waals surface area contributed by atoms with E-state index in [0.29, 0.717) is 15.5 Å². The number of hydrogen-bond donors (Lipinski definition) is 0. The van der Waals surface area contributed by atoms with Crippen LogP contribution in [0.15, 0.2) is 20.5 Å². The summed E-state index contributed by atoms with van der Waals surface area (Å²) in [6.07, 6.45) is 3.60. The van der Waals surface area contributed by atoms with E-state index in [2.05, 4.69) is 31.1 Å². The zero-order valence-corrected chi connectivity index (χ0v) is 8.52. The van der Waals surface area contributed by atoms with E-state index in [1.165, 1.54) is 11.8 Å². The van der Waals surface area contributed by atoms with E-state index < -0.39 is 0 Å². The van der Waals surface area contributed by atoms with Crippen LogP contribution in [0.25, 0.3) is 11.1 Å². The highest BCUT2D eigenvalue weighted by Gasteiger charge is 2.07. The minimum Gasteiger partial charge on any atom is -0.334 e. The van der Waals surface area contributed by atoms with E-state index in [-0.39, 0.29) is 0 Å². The Kier molecular flexibility index (Phi) is 2.02. The molecular formula is C6H4BrN3OS. The van der Waals surface area contributed by atoms with Gasteiger partial charge in [-0.1, -0.05) is 16.9 Å². The molecule has 0 unspecified atom stereocenters. The molecule has 0 aliphatic carbocycles. The molecule has 0 N–H and O–H groups in total. The highest BCUT2D eigenvalue weighted by Crippen LogP contribution is 2.21. The molecule has 12 heavy (non-hydrogen) atoms. The number of hydrogen-bond acceptors (Lipinski definition) is 5. The molecule has 0 aliphatic rings. The highest BCUT2D eigenvalue weighted by atomic mass is 79.9. The minimum absolute atomic E-state index is 0.515. The maximum atomic E-state index is 4.93.